The van der Waals surface area contributed by atoms with Crippen LogP contribution in [0.5, 0.6) is 5.75 Å². The molecule has 0 saturated carbocycles. The topological polar surface area (TPSA) is 67.8 Å². The SMILES string of the molecule is O=C(Cc1cccc2ccccc12)N/N=C\c1ccc(OC(=O)c2ccc(Cl)cc2Cl)cc1. The number of hydrogen-bond donors (Lipinski definition) is 1. The predicted octanol–water partition coefficient (Wildman–Crippen LogP) is 6.06. The van der Waals surface area contributed by atoms with Gasteiger partial charge in [0.1, 0.15) is 5.75 Å². The Labute approximate surface area is 200 Å². The van der Waals surface area contributed by atoms with Crippen molar-refractivity contribution in [3.05, 3.63) is 112 Å². The molecule has 0 aliphatic rings. The first-order valence-corrected chi connectivity index (χ1v) is 10.8. The molecule has 0 atom stereocenters. The quantitative estimate of drug-likeness (QED) is 0.159. The number of hydrazone groups is 1. The lowest BCUT2D eigenvalue weighted by Gasteiger charge is -2.06. The highest BCUT2D eigenvalue weighted by molar-refractivity contribution is 6.36. The summed E-state index contributed by atoms with van der Waals surface area (Å²) in [6, 6.07) is 25.0. The Balaban J connectivity index is 1.33. The van der Waals surface area contributed by atoms with Crippen molar-refractivity contribution in [2.45, 2.75) is 6.42 Å². The van der Waals surface area contributed by atoms with E-state index in [-0.39, 0.29) is 22.9 Å². The van der Waals surface area contributed by atoms with E-state index in [1.165, 1.54) is 18.3 Å². The molecule has 4 aromatic carbocycles. The summed E-state index contributed by atoms with van der Waals surface area (Å²) in [4.78, 5) is 24.6. The summed E-state index contributed by atoms with van der Waals surface area (Å²) >= 11 is 11.9. The molecule has 0 spiro atoms. The van der Waals surface area contributed by atoms with Crippen molar-refractivity contribution in [2.24, 2.45) is 5.10 Å². The Hall–Kier alpha value is -3.67. The van der Waals surface area contributed by atoms with Gasteiger partial charge in [-0.3, -0.25) is 4.79 Å². The molecule has 5 nitrogen and oxygen atoms in total. The molecule has 0 heterocycles. The minimum atomic E-state index is -0.584. The molecule has 1 amide bonds. The number of halogens is 2. The van der Waals surface area contributed by atoms with E-state index in [4.69, 9.17) is 27.9 Å². The number of benzene rings is 4. The molecular formula is C26H18Cl2N2O3. The summed E-state index contributed by atoms with van der Waals surface area (Å²) in [5.74, 6) is -0.449. The van der Waals surface area contributed by atoms with Crippen LogP contribution in [0.25, 0.3) is 10.8 Å². The number of rotatable bonds is 6. The first kappa shape index (κ1) is 22.5. The highest BCUT2D eigenvalue weighted by atomic mass is 35.5. The molecule has 7 heteroatoms. The maximum absolute atomic E-state index is 12.3. The molecule has 0 aromatic heterocycles. The fraction of sp³-hybridized carbons (Fsp3) is 0.0385. The van der Waals surface area contributed by atoms with Crippen LogP contribution in [-0.4, -0.2) is 18.1 Å². The monoisotopic (exact) mass is 476 g/mol. The molecule has 4 rings (SSSR count). The van der Waals surface area contributed by atoms with Crippen molar-refractivity contribution in [1.29, 1.82) is 0 Å². The highest BCUT2D eigenvalue weighted by Gasteiger charge is 2.13. The smallest absolute Gasteiger partial charge is 0.345 e. The van der Waals surface area contributed by atoms with Crippen LogP contribution in [0, 0.1) is 0 Å². The number of fused-ring (bicyclic) bond motifs is 1. The summed E-state index contributed by atoms with van der Waals surface area (Å²) in [6.07, 6.45) is 1.74. The molecule has 0 unspecified atom stereocenters. The molecule has 0 aliphatic carbocycles. The number of nitrogens with zero attached hydrogens (tertiary/aromatic N) is 1. The number of nitrogens with one attached hydrogen (secondary N) is 1. The van der Waals surface area contributed by atoms with Gasteiger partial charge in [0.25, 0.3) is 0 Å². The number of amides is 1. The maximum Gasteiger partial charge on any atom is 0.345 e. The normalized spacial score (nSPS) is 11.0. The lowest BCUT2D eigenvalue weighted by molar-refractivity contribution is -0.120. The zero-order valence-corrected chi connectivity index (χ0v) is 18.8. The third kappa shape index (κ3) is 5.77. The second-order valence-electron chi connectivity index (χ2n) is 7.19. The van der Waals surface area contributed by atoms with Gasteiger partial charge in [0, 0.05) is 5.02 Å². The zero-order valence-electron chi connectivity index (χ0n) is 17.3. The first-order valence-electron chi connectivity index (χ1n) is 10.1. The van der Waals surface area contributed by atoms with Crippen LogP contribution in [0.1, 0.15) is 21.5 Å². The van der Waals surface area contributed by atoms with E-state index in [1.807, 2.05) is 42.5 Å². The molecule has 0 aliphatic heterocycles. The highest BCUT2D eigenvalue weighted by Crippen LogP contribution is 2.23. The summed E-state index contributed by atoms with van der Waals surface area (Å²) in [5, 5.41) is 6.80. The minimum Gasteiger partial charge on any atom is -0.423 e. The van der Waals surface area contributed by atoms with Gasteiger partial charge >= 0.3 is 5.97 Å². The number of carbonyl (C=O) groups is 2. The van der Waals surface area contributed by atoms with Crippen molar-refractivity contribution in [2.75, 3.05) is 0 Å². The third-order valence-corrected chi connectivity index (χ3v) is 5.42. The first-order chi connectivity index (χ1) is 16.0. The van der Waals surface area contributed by atoms with Crippen molar-refractivity contribution in [1.82, 2.24) is 5.43 Å². The predicted molar refractivity (Wildman–Crippen MR) is 131 cm³/mol. The summed E-state index contributed by atoms with van der Waals surface area (Å²) in [5.41, 5.74) is 4.43. The van der Waals surface area contributed by atoms with Crippen LogP contribution in [0.2, 0.25) is 10.0 Å². The van der Waals surface area contributed by atoms with E-state index >= 15 is 0 Å². The van der Waals surface area contributed by atoms with Crippen molar-refractivity contribution < 1.29 is 14.3 Å². The molecule has 164 valence electrons. The van der Waals surface area contributed by atoms with Crippen LogP contribution in [0.15, 0.2) is 90.0 Å². The molecule has 0 fully saturated rings. The third-order valence-electron chi connectivity index (χ3n) is 4.88. The van der Waals surface area contributed by atoms with E-state index in [2.05, 4.69) is 10.5 Å². The Morgan fingerprint density at radius 1 is 0.909 bits per heavy atom. The lowest BCUT2D eigenvalue weighted by atomic mass is 10.0. The van der Waals surface area contributed by atoms with Crippen molar-refractivity contribution in [3.63, 3.8) is 0 Å². The fourth-order valence-corrected chi connectivity index (χ4v) is 3.76. The average Bonchev–Trinajstić information content (AvgIpc) is 2.80. The Morgan fingerprint density at radius 2 is 1.67 bits per heavy atom. The van der Waals surface area contributed by atoms with Crippen LogP contribution in [-0.2, 0) is 11.2 Å². The van der Waals surface area contributed by atoms with Gasteiger partial charge in [-0.1, -0.05) is 65.7 Å². The second kappa shape index (κ2) is 10.3. The fourth-order valence-electron chi connectivity index (χ4n) is 3.28. The summed E-state index contributed by atoms with van der Waals surface area (Å²) in [6.45, 7) is 0. The molecule has 0 bridgehead atoms. The van der Waals surface area contributed by atoms with Crippen LogP contribution in [0.4, 0.5) is 0 Å². The van der Waals surface area contributed by atoms with Crippen LogP contribution in [0.3, 0.4) is 0 Å². The van der Waals surface area contributed by atoms with E-state index in [0.717, 1.165) is 21.9 Å². The van der Waals surface area contributed by atoms with E-state index in [9.17, 15) is 9.59 Å². The van der Waals surface area contributed by atoms with Crippen LogP contribution >= 0.6 is 23.2 Å². The summed E-state index contributed by atoms with van der Waals surface area (Å²) in [7, 11) is 0. The molecule has 4 aromatic rings. The van der Waals surface area contributed by atoms with Crippen molar-refractivity contribution in [3.8, 4) is 5.75 Å². The van der Waals surface area contributed by atoms with Gasteiger partial charge in [-0.15, -0.1) is 0 Å². The lowest BCUT2D eigenvalue weighted by Crippen LogP contribution is -2.19. The van der Waals surface area contributed by atoms with Gasteiger partial charge in [0.15, 0.2) is 0 Å². The average molecular weight is 477 g/mol. The Kier molecular flexibility index (Phi) is 7.03. The number of carbonyl (C=O) groups excluding carboxylic acids is 2. The number of esters is 1. The number of ether oxygens (including phenoxy) is 1. The van der Waals surface area contributed by atoms with Gasteiger partial charge in [-0.05, 0) is 64.4 Å². The van der Waals surface area contributed by atoms with E-state index < -0.39 is 5.97 Å². The van der Waals surface area contributed by atoms with Gasteiger partial charge in [-0.2, -0.15) is 5.10 Å². The standard InChI is InChI=1S/C26H18Cl2N2O3/c27-20-10-13-23(24(28)15-20)26(32)33-21-11-8-17(9-12-21)16-29-30-25(31)14-19-6-3-5-18-4-1-2-7-22(18)19/h1-13,15-16H,14H2,(H,30,31)/b29-16-. The maximum atomic E-state index is 12.3. The molecule has 0 radical (unpaired) electrons. The van der Waals surface area contributed by atoms with Gasteiger partial charge in [0.05, 0.1) is 23.2 Å². The van der Waals surface area contributed by atoms with Gasteiger partial charge in [-0.25, -0.2) is 10.2 Å². The Morgan fingerprint density at radius 3 is 2.45 bits per heavy atom. The van der Waals surface area contributed by atoms with Crippen LogP contribution < -0.4 is 10.2 Å². The largest absolute Gasteiger partial charge is 0.423 e. The van der Waals surface area contributed by atoms with Gasteiger partial charge < -0.3 is 4.74 Å². The molecular weight excluding hydrogens is 459 g/mol. The van der Waals surface area contributed by atoms with Gasteiger partial charge in [0.2, 0.25) is 5.91 Å². The molecule has 1 N–H and O–H groups in total. The van der Waals surface area contributed by atoms with E-state index in [1.54, 1.807) is 30.3 Å². The molecule has 33 heavy (non-hydrogen) atoms. The molecule has 0 saturated heterocycles. The zero-order chi connectivity index (χ0) is 23.2. The minimum absolute atomic E-state index is 0.215. The number of hydrogen-bond acceptors (Lipinski definition) is 4. The van der Waals surface area contributed by atoms with Crippen molar-refractivity contribution >= 4 is 52.1 Å². The Bertz CT molecular complexity index is 1350. The van der Waals surface area contributed by atoms with E-state index in [0.29, 0.717) is 10.8 Å². The summed E-state index contributed by atoms with van der Waals surface area (Å²) < 4.78 is 5.34. The second-order valence-corrected chi connectivity index (χ2v) is 8.03.